The van der Waals surface area contributed by atoms with Crippen molar-refractivity contribution in [3.63, 3.8) is 0 Å². The van der Waals surface area contributed by atoms with Gasteiger partial charge in [0.1, 0.15) is 0 Å². The monoisotopic (exact) mass is 292 g/mol. The van der Waals surface area contributed by atoms with E-state index in [1.165, 1.54) is 0 Å². The summed E-state index contributed by atoms with van der Waals surface area (Å²) in [7, 11) is 0. The Kier molecular flexibility index (Phi) is 3.39. The quantitative estimate of drug-likeness (QED) is 0.799. The maximum Gasteiger partial charge on any atom is 0.232 e. The number of hydrogen-bond acceptors (Lipinski definition) is 6. The maximum absolute atomic E-state index is 12.0. The number of carbonyl (C=O) groups is 1. The lowest BCUT2D eigenvalue weighted by molar-refractivity contribution is -0.128. The summed E-state index contributed by atoms with van der Waals surface area (Å²) in [5.74, 6) is 1.64. The van der Waals surface area contributed by atoms with Gasteiger partial charge in [-0.25, -0.2) is 0 Å². The van der Waals surface area contributed by atoms with Gasteiger partial charge in [-0.1, -0.05) is 5.16 Å². The van der Waals surface area contributed by atoms with Crippen LogP contribution in [0.5, 0.6) is 0 Å². The molecule has 1 aliphatic carbocycles. The number of rotatable bonds is 4. The van der Waals surface area contributed by atoms with Gasteiger partial charge in [0, 0.05) is 32.1 Å². The molecule has 0 N–H and O–H groups in total. The summed E-state index contributed by atoms with van der Waals surface area (Å²) in [6.45, 7) is 4.77. The van der Waals surface area contributed by atoms with Crippen LogP contribution in [0.1, 0.15) is 36.9 Å². The zero-order chi connectivity index (χ0) is 14.2. The van der Waals surface area contributed by atoms with E-state index in [-0.39, 0.29) is 11.8 Å². The zero-order valence-electron chi connectivity index (χ0n) is 12.0. The highest BCUT2D eigenvalue weighted by Crippen LogP contribution is 2.35. The molecule has 1 atom stereocenters. The SMILES string of the molecule is O=C1C[C@H](c2nc(CN3CCOCC3)no2)CN1C1CC1. The van der Waals surface area contributed by atoms with Gasteiger partial charge in [0.05, 0.1) is 25.7 Å². The summed E-state index contributed by atoms with van der Waals surface area (Å²) in [6, 6.07) is 0.471. The van der Waals surface area contributed by atoms with Gasteiger partial charge in [-0.2, -0.15) is 4.98 Å². The predicted octanol–water partition coefficient (Wildman–Crippen LogP) is 0.380. The summed E-state index contributed by atoms with van der Waals surface area (Å²) in [5, 5.41) is 4.07. The van der Waals surface area contributed by atoms with Crippen LogP contribution in [0.3, 0.4) is 0 Å². The maximum atomic E-state index is 12.0. The lowest BCUT2D eigenvalue weighted by atomic mass is 10.1. The molecule has 3 fully saturated rings. The number of morpholine rings is 1. The van der Waals surface area contributed by atoms with Crippen molar-refractivity contribution in [1.82, 2.24) is 19.9 Å². The van der Waals surface area contributed by atoms with Crippen LogP contribution < -0.4 is 0 Å². The predicted molar refractivity (Wildman–Crippen MR) is 72.5 cm³/mol. The molecule has 3 heterocycles. The van der Waals surface area contributed by atoms with Gasteiger partial charge in [0.2, 0.25) is 11.8 Å². The fraction of sp³-hybridized carbons (Fsp3) is 0.786. The second-order valence-corrected chi connectivity index (χ2v) is 6.12. The molecule has 7 nitrogen and oxygen atoms in total. The first-order chi connectivity index (χ1) is 10.3. The molecule has 0 radical (unpaired) electrons. The minimum absolute atomic E-state index is 0.0732. The second kappa shape index (κ2) is 5.38. The molecule has 0 aromatic carbocycles. The Labute approximate surface area is 123 Å². The van der Waals surface area contributed by atoms with Gasteiger partial charge in [-0.15, -0.1) is 0 Å². The van der Waals surface area contributed by atoms with Crippen molar-refractivity contribution in [2.75, 3.05) is 32.8 Å². The largest absolute Gasteiger partial charge is 0.379 e. The van der Waals surface area contributed by atoms with E-state index >= 15 is 0 Å². The number of carbonyl (C=O) groups excluding carboxylic acids is 1. The zero-order valence-corrected chi connectivity index (χ0v) is 12.0. The smallest absolute Gasteiger partial charge is 0.232 e. The fourth-order valence-corrected chi connectivity index (χ4v) is 3.09. The average molecular weight is 292 g/mol. The Morgan fingerprint density at radius 1 is 1.24 bits per heavy atom. The van der Waals surface area contributed by atoms with Crippen LogP contribution in [-0.4, -0.2) is 64.7 Å². The molecule has 2 saturated heterocycles. The van der Waals surface area contributed by atoms with Crippen LogP contribution in [0.25, 0.3) is 0 Å². The molecular weight excluding hydrogens is 272 g/mol. The molecule has 0 unspecified atom stereocenters. The Bertz CT molecular complexity index is 522. The topological polar surface area (TPSA) is 71.7 Å². The summed E-state index contributed by atoms with van der Waals surface area (Å²) >= 11 is 0. The van der Waals surface area contributed by atoms with Gasteiger partial charge >= 0.3 is 0 Å². The van der Waals surface area contributed by atoms with Crippen LogP contribution in [-0.2, 0) is 16.1 Å². The summed E-state index contributed by atoms with van der Waals surface area (Å²) < 4.78 is 10.7. The minimum Gasteiger partial charge on any atom is -0.379 e. The van der Waals surface area contributed by atoms with Crippen molar-refractivity contribution in [3.05, 3.63) is 11.7 Å². The van der Waals surface area contributed by atoms with E-state index in [1.807, 2.05) is 4.90 Å². The Hall–Kier alpha value is -1.47. The van der Waals surface area contributed by atoms with E-state index < -0.39 is 0 Å². The number of amides is 1. The van der Waals surface area contributed by atoms with E-state index in [9.17, 15) is 4.79 Å². The first-order valence-corrected chi connectivity index (χ1v) is 7.71. The molecule has 0 spiro atoms. The van der Waals surface area contributed by atoms with Crippen molar-refractivity contribution < 1.29 is 14.1 Å². The van der Waals surface area contributed by atoms with Crippen LogP contribution in [0.4, 0.5) is 0 Å². The Morgan fingerprint density at radius 2 is 2.05 bits per heavy atom. The standard InChI is InChI=1S/C14H20N4O3/c19-13-7-10(8-18(13)11-1-2-11)14-15-12(16-21-14)9-17-3-5-20-6-4-17/h10-11H,1-9H2/t10-/m0/s1. The van der Waals surface area contributed by atoms with Gasteiger partial charge in [-0.3, -0.25) is 9.69 Å². The van der Waals surface area contributed by atoms with Crippen LogP contribution in [0.15, 0.2) is 4.52 Å². The van der Waals surface area contributed by atoms with Gasteiger partial charge in [-0.05, 0) is 12.8 Å². The first-order valence-electron chi connectivity index (χ1n) is 7.71. The fourth-order valence-electron chi connectivity index (χ4n) is 3.09. The summed E-state index contributed by atoms with van der Waals surface area (Å²) in [5.41, 5.74) is 0. The molecule has 2 aliphatic heterocycles. The molecular formula is C14H20N4O3. The third-order valence-electron chi connectivity index (χ3n) is 4.45. The Balaban J connectivity index is 1.39. The lowest BCUT2D eigenvalue weighted by Crippen LogP contribution is -2.35. The summed E-state index contributed by atoms with van der Waals surface area (Å²) in [6.07, 6.45) is 2.80. The van der Waals surface area contributed by atoms with E-state index in [0.717, 1.165) is 45.7 Å². The van der Waals surface area contributed by atoms with Gasteiger partial charge in [0.25, 0.3) is 0 Å². The average Bonchev–Trinajstić information content (AvgIpc) is 3.11. The van der Waals surface area contributed by atoms with E-state index in [0.29, 0.717) is 30.7 Å². The minimum atomic E-state index is 0.0732. The van der Waals surface area contributed by atoms with Crippen LogP contribution in [0, 0.1) is 0 Å². The molecule has 21 heavy (non-hydrogen) atoms. The molecule has 7 heteroatoms. The molecule has 4 rings (SSSR count). The van der Waals surface area contributed by atoms with Gasteiger partial charge in [0.15, 0.2) is 5.82 Å². The van der Waals surface area contributed by atoms with E-state index in [2.05, 4.69) is 15.0 Å². The highest BCUT2D eigenvalue weighted by molar-refractivity contribution is 5.80. The Morgan fingerprint density at radius 3 is 2.81 bits per heavy atom. The number of nitrogens with zero attached hydrogens (tertiary/aromatic N) is 4. The van der Waals surface area contributed by atoms with Crippen molar-refractivity contribution in [2.45, 2.75) is 37.8 Å². The molecule has 1 aromatic heterocycles. The van der Waals surface area contributed by atoms with E-state index in [1.54, 1.807) is 0 Å². The van der Waals surface area contributed by atoms with Crippen LogP contribution >= 0.6 is 0 Å². The van der Waals surface area contributed by atoms with Crippen molar-refractivity contribution >= 4 is 5.91 Å². The molecule has 114 valence electrons. The highest BCUT2D eigenvalue weighted by Gasteiger charge is 2.41. The molecule has 1 amide bonds. The number of hydrogen-bond donors (Lipinski definition) is 0. The number of likely N-dealkylation sites (tertiary alicyclic amines) is 1. The molecule has 1 saturated carbocycles. The third kappa shape index (κ3) is 2.80. The number of aromatic nitrogens is 2. The van der Waals surface area contributed by atoms with Crippen molar-refractivity contribution in [2.24, 2.45) is 0 Å². The van der Waals surface area contributed by atoms with E-state index in [4.69, 9.17) is 9.26 Å². The molecule has 0 bridgehead atoms. The lowest BCUT2D eigenvalue weighted by Gasteiger charge is -2.24. The first kappa shape index (κ1) is 13.2. The normalized spacial score (nSPS) is 27.5. The molecule has 1 aromatic rings. The van der Waals surface area contributed by atoms with Crippen molar-refractivity contribution in [3.8, 4) is 0 Å². The van der Waals surface area contributed by atoms with Crippen molar-refractivity contribution in [1.29, 1.82) is 0 Å². The second-order valence-electron chi connectivity index (χ2n) is 6.12. The number of ether oxygens (including phenoxy) is 1. The van der Waals surface area contributed by atoms with Gasteiger partial charge < -0.3 is 14.2 Å². The molecule has 3 aliphatic rings. The highest BCUT2D eigenvalue weighted by atomic mass is 16.5. The third-order valence-corrected chi connectivity index (χ3v) is 4.45. The summed E-state index contributed by atoms with van der Waals surface area (Å²) in [4.78, 5) is 20.7. The van der Waals surface area contributed by atoms with Crippen LogP contribution in [0.2, 0.25) is 0 Å².